The molecule has 0 bridgehead atoms. The zero-order valence-corrected chi connectivity index (χ0v) is 14.9. The first kappa shape index (κ1) is 18.4. The van der Waals surface area contributed by atoms with Crippen LogP contribution in [0.3, 0.4) is 0 Å². The van der Waals surface area contributed by atoms with Gasteiger partial charge in [0.1, 0.15) is 29.8 Å². The molecule has 0 radical (unpaired) electrons. The number of ether oxygens (including phenoxy) is 1. The minimum atomic E-state index is -1.02. The Kier molecular flexibility index (Phi) is 5.35. The monoisotopic (exact) mass is 381 g/mol. The van der Waals surface area contributed by atoms with Crippen molar-refractivity contribution in [2.45, 2.75) is 0 Å². The van der Waals surface area contributed by atoms with Crippen LogP contribution in [0.5, 0.6) is 5.75 Å². The van der Waals surface area contributed by atoms with E-state index in [9.17, 15) is 10.1 Å². The van der Waals surface area contributed by atoms with Crippen molar-refractivity contribution < 1.29 is 19.7 Å². The second-order valence-corrected chi connectivity index (χ2v) is 6.44. The van der Waals surface area contributed by atoms with Crippen molar-refractivity contribution in [3.8, 4) is 33.5 Å². The molecule has 136 valence electrons. The van der Waals surface area contributed by atoms with Gasteiger partial charge in [-0.2, -0.15) is 5.26 Å². The second-order valence-electron chi connectivity index (χ2n) is 5.53. The van der Waals surface area contributed by atoms with E-state index < -0.39 is 5.97 Å². The molecule has 3 rings (SSSR count). The van der Waals surface area contributed by atoms with Gasteiger partial charge in [0.05, 0.1) is 22.7 Å². The molecule has 0 fully saturated rings. The number of nitrogens with zero attached hydrogens (tertiary/aromatic N) is 2. The van der Waals surface area contributed by atoms with E-state index in [0.29, 0.717) is 27.4 Å². The number of aromatic carboxylic acids is 1. The quantitative estimate of drug-likeness (QED) is 0.598. The molecule has 27 heavy (non-hydrogen) atoms. The van der Waals surface area contributed by atoms with Crippen LogP contribution in [-0.4, -0.2) is 34.4 Å². The first-order chi connectivity index (χ1) is 13.0. The van der Waals surface area contributed by atoms with E-state index in [1.807, 2.05) is 6.07 Å². The lowest BCUT2D eigenvalue weighted by atomic mass is 9.99. The summed E-state index contributed by atoms with van der Waals surface area (Å²) in [7, 11) is 0. The third-order valence-electron chi connectivity index (χ3n) is 3.76. The summed E-state index contributed by atoms with van der Waals surface area (Å²) in [5.74, 6) is -0.406. The first-order valence-corrected chi connectivity index (χ1v) is 8.78. The van der Waals surface area contributed by atoms with E-state index in [-0.39, 0.29) is 30.2 Å². The topological polar surface area (TPSA) is 129 Å². The van der Waals surface area contributed by atoms with Gasteiger partial charge in [-0.15, -0.1) is 11.3 Å². The predicted octanol–water partition coefficient (Wildman–Crippen LogP) is 3.00. The fraction of sp³-hybridized carbons (Fsp3) is 0.105. The number of pyridine rings is 1. The van der Waals surface area contributed by atoms with Crippen molar-refractivity contribution in [1.82, 2.24) is 4.98 Å². The Hall–Kier alpha value is -3.41. The summed E-state index contributed by atoms with van der Waals surface area (Å²) in [6.07, 6.45) is 0. The zero-order valence-electron chi connectivity index (χ0n) is 14.0. The molecule has 0 saturated heterocycles. The highest BCUT2D eigenvalue weighted by atomic mass is 32.1. The van der Waals surface area contributed by atoms with Crippen LogP contribution < -0.4 is 10.5 Å². The lowest BCUT2D eigenvalue weighted by molar-refractivity contribution is 0.0697. The zero-order chi connectivity index (χ0) is 19.4. The van der Waals surface area contributed by atoms with Gasteiger partial charge < -0.3 is 20.7 Å². The number of hydrogen-bond donors (Lipinski definition) is 3. The number of nitriles is 1. The lowest BCUT2D eigenvalue weighted by Gasteiger charge is -2.11. The van der Waals surface area contributed by atoms with Crippen molar-refractivity contribution in [2.75, 3.05) is 18.9 Å². The average molecular weight is 381 g/mol. The average Bonchev–Trinajstić information content (AvgIpc) is 3.16. The third kappa shape index (κ3) is 3.89. The minimum absolute atomic E-state index is 0.0666. The van der Waals surface area contributed by atoms with Gasteiger partial charge >= 0.3 is 5.97 Å². The molecule has 0 spiro atoms. The molecular weight excluding hydrogens is 366 g/mol. The van der Waals surface area contributed by atoms with Crippen molar-refractivity contribution >= 4 is 23.1 Å². The lowest BCUT2D eigenvalue weighted by Crippen LogP contribution is -2.02. The number of aliphatic hydroxyl groups is 1. The Morgan fingerprint density at radius 3 is 2.81 bits per heavy atom. The Bertz CT molecular complexity index is 1040. The van der Waals surface area contributed by atoms with Gasteiger partial charge in [0, 0.05) is 10.9 Å². The Morgan fingerprint density at radius 2 is 2.15 bits per heavy atom. The van der Waals surface area contributed by atoms with Crippen LogP contribution in [0.1, 0.15) is 15.9 Å². The molecule has 2 heterocycles. The fourth-order valence-electron chi connectivity index (χ4n) is 2.54. The smallest absolute Gasteiger partial charge is 0.336 e. The third-order valence-corrected chi connectivity index (χ3v) is 4.72. The summed E-state index contributed by atoms with van der Waals surface area (Å²) in [6, 6.07) is 12.4. The van der Waals surface area contributed by atoms with E-state index >= 15 is 0 Å². The van der Waals surface area contributed by atoms with Gasteiger partial charge in [0.25, 0.3) is 0 Å². The van der Waals surface area contributed by atoms with Crippen molar-refractivity contribution in [2.24, 2.45) is 0 Å². The van der Waals surface area contributed by atoms with Gasteiger partial charge in [-0.05, 0) is 29.8 Å². The van der Waals surface area contributed by atoms with Crippen LogP contribution in [0.4, 0.5) is 5.82 Å². The minimum Gasteiger partial charge on any atom is -0.491 e. The molecule has 0 aliphatic rings. The molecule has 0 aliphatic carbocycles. The number of carboxylic acid groups (broad SMARTS) is 1. The van der Waals surface area contributed by atoms with Gasteiger partial charge in [-0.3, -0.25) is 0 Å². The normalized spacial score (nSPS) is 10.4. The molecule has 0 unspecified atom stereocenters. The van der Waals surface area contributed by atoms with Crippen LogP contribution in [0, 0.1) is 11.3 Å². The Morgan fingerprint density at radius 1 is 1.33 bits per heavy atom. The van der Waals surface area contributed by atoms with Crippen LogP contribution in [0.2, 0.25) is 0 Å². The SMILES string of the molecule is N#Cc1c(-c2cccc(OCCO)c2)cc(-c2cc(C(=O)O)cs2)nc1N. The van der Waals surface area contributed by atoms with Crippen LogP contribution >= 0.6 is 11.3 Å². The standard InChI is InChI=1S/C19H15N3O4S/c20-9-15-14(11-2-1-3-13(6-11)26-5-4-23)8-16(22-18(15)21)17-7-12(10-27-17)19(24)25/h1-3,6-8,10,23H,4-5H2,(H2,21,22)(H,24,25). The van der Waals surface area contributed by atoms with E-state index in [2.05, 4.69) is 11.1 Å². The van der Waals surface area contributed by atoms with E-state index in [0.717, 1.165) is 0 Å². The number of aromatic nitrogens is 1. The largest absolute Gasteiger partial charge is 0.491 e. The number of thiophene rings is 1. The molecule has 2 aromatic heterocycles. The molecule has 0 atom stereocenters. The number of anilines is 1. The van der Waals surface area contributed by atoms with Crippen LogP contribution in [-0.2, 0) is 0 Å². The predicted molar refractivity (Wildman–Crippen MR) is 102 cm³/mol. The molecule has 0 aliphatic heterocycles. The van der Waals surface area contributed by atoms with Gasteiger partial charge in [-0.1, -0.05) is 12.1 Å². The highest BCUT2D eigenvalue weighted by molar-refractivity contribution is 7.13. The molecule has 3 aromatic rings. The summed E-state index contributed by atoms with van der Waals surface area (Å²) < 4.78 is 5.42. The van der Waals surface area contributed by atoms with E-state index in [1.165, 1.54) is 22.8 Å². The number of carboxylic acids is 1. The van der Waals surface area contributed by atoms with Gasteiger partial charge in [-0.25, -0.2) is 9.78 Å². The van der Waals surface area contributed by atoms with Crippen molar-refractivity contribution in [3.63, 3.8) is 0 Å². The molecule has 4 N–H and O–H groups in total. The maximum absolute atomic E-state index is 11.1. The summed E-state index contributed by atoms with van der Waals surface area (Å²) in [4.78, 5) is 16.0. The highest BCUT2D eigenvalue weighted by Crippen LogP contribution is 2.34. The Balaban J connectivity index is 2.10. The molecule has 1 aromatic carbocycles. The number of benzene rings is 1. The number of nitrogens with two attached hydrogens (primary N) is 1. The number of rotatable bonds is 6. The molecule has 8 heteroatoms. The number of hydrogen-bond acceptors (Lipinski definition) is 7. The first-order valence-electron chi connectivity index (χ1n) is 7.90. The molecule has 7 nitrogen and oxygen atoms in total. The fourth-order valence-corrected chi connectivity index (χ4v) is 3.38. The van der Waals surface area contributed by atoms with Gasteiger partial charge in [0.15, 0.2) is 0 Å². The second kappa shape index (κ2) is 7.86. The van der Waals surface area contributed by atoms with Crippen molar-refractivity contribution in [1.29, 1.82) is 5.26 Å². The maximum atomic E-state index is 11.1. The van der Waals surface area contributed by atoms with Gasteiger partial charge in [0.2, 0.25) is 0 Å². The van der Waals surface area contributed by atoms with E-state index in [1.54, 1.807) is 24.3 Å². The number of carbonyl (C=O) groups is 1. The number of aliphatic hydroxyl groups excluding tert-OH is 1. The molecular formula is C19H15N3O4S. The summed E-state index contributed by atoms with van der Waals surface area (Å²) in [5.41, 5.74) is 8.14. The Labute approximate surface area is 158 Å². The van der Waals surface area contributed by atoms with E-state index in [4.69, 9.17) is 20.7 Å². The summed E-state index contributed by atoms with van der Waals surface area (Å²) in [5, 5.41) is 29.0. The highest BCUT2D eigenvalue weighted by Gasteiger charge is 2.16. The summed E-state index contributed by atoms with van der Waals surface area (Å²) in [6.45, 7) is 0.0514. The molecule has 0 saturated carbocycles. The van der Waals surface area contributed by atoms with Crippen LogP contribution in [0.15, 0.2) is 41.8 Å². The molecule has 0 amide bonds. The maximum Gasteiger partial charge on any atom is 0.336 e. The summed E-state index contributed by atoms with van der Waals surface area (Å²) >= 11 is 1.24. The van der Waals surface area contributed by atoms with Crippen LogP contribution in [0.25, 0.3) is 21.7 Å². The van der Waals surface area contributed by atoms with Crippen molar-refractivity contribution in [3.05, 3.63) is 52.9 Å². The number of nitrogen functional groups attached to an aromatic ring is 1.